The number of aromatic nitrogens is 1. The van der Waals surface area contributed by atoms with Gasteiger partial charge in [0.25, 0.3) is 0 Å². The number of hydrogen-bond acceptors (Lipinski definition) is 5. The van der Waals surface area contributed by atoms with Crippen molar-refractivity contribution in [2.75, 3.05) is 44.2 Å². The summed E-state index contributed by atoms with van der Waals surface area (Å²) in [5.74, 6) is 1.89. The van der Waals surface area contributed by atoms with E-state index < -0.39 is 6.10 Å². The molecular weight excluding hydrogens is 374 g/mol. The van der Waals surface area contributed by atoms with Crippen molar-refractivity contribution < 1.29 is 9.84 Å². The molecule has 0 saturated carbocycles. The monoisotopic (exact) mass is 405 g/mol. The molecule has 0 spiro atoms. The lowest BCUT2D eigenvalue weighted by atomic mass is 9.86. The van der Waals surface area contributed by atoms with Gasteiger partial charge in [-0.1, -0.05) is 45.0 Å². The second kappa shape index (κ2) is 10.1. The SMILES string of the molecule is CC(C)(C)c1ccccc1OCC(O)CN1CCN(c2ccccn2)CC1.Cl. The maximum atomic E-state index is 10.4. The third-order valence-electron chi connectivity index (χ3n) is 4.94. The summed E-state index contributed by atoms with van der Waals surface area (Å²) in [7, 11) is 0. The highest BCUT2D eigenvalue weighted by Crippen LogP contribution is 2.31. The Morgan fingerprint density at radius 2 is 1.71 bits per heavy atom. The number of aliphatic hydroxyl groups excluding tert-OH is 1. The number of benzene rings is 1. The molecule has 6 heteroatoms. The van der Waals surface area contributed by atoms with Crippen LogP contribution in [0, 0.1) is 0 Å². The van der Waals surface area contributed by atoms with Crippen LogP contribution in [0.25, 0.3) is 0 Å². The number of para-hydroxylation sites is 1. The molecule has 0 bridgehead atoms. The molecule has 0 radical (unpaired) electrons. The van der Waals surface area contributed by atoms with Crippen LogP contribution < -0.4 is 9.64 Å². The van der Waals surface area contributed by atoms with Crippen LogP contribution >= 0.6 is 12.4 Å². The first-order valence-electron chi connectivity index (χ1n) is 9.72. The van der Waals surface area contributed by atoms with Gasteiger partial charge >= 0.3 is 0 Å². The smallest absolute Gasteiger partial charge is 0.128 e. The minimum atomic E-state index is -0.501. The molecule has 1 N–H and O–H groups in total. The van der Waals surface area contributed by atoms with Crippen LogP contribution in [-0.2, 0) is 5.41 Å². The second-order valence-electron chi connectivity index (χ2n) is 8.19. The number of aliphatic hydroxyl groups is 1. The molecule has 154 valence electrons. The zero-order chi connectivity index (χ0) is 19.3. The fraction of sp³-hybridized carbons (Fsp3) is 0.500. The highest BCUT2D eigenvalue weighted by molar-refractivity contribution is 5.85. The van der Waals surface area contributed by atoms with Gasteiger partial charge in [-0.3, -0.25) is 4.90 Å². The molecule has 1 aromatic heterocycles. The van der Waals surface area contributed by atoms with Gasteiger partial charge in [0.15, 0.2) is 0 Å². The Kier molecular flexibility index (Phi) is 8.10. The number of ether oxygens (including phenoxy) is 1. The second-order valence-corrected chi connectivity index (χ2v) is 8.19. The zero-order valence-electron chi connectivity index (χ0n) is 17.0. The van der Waals surface area contributed by atoms with Crippen LogP contribution in [0.1, 0.15) is 26.3 Å². The molecule has 1 saturated heterocycles. The molecule has 5 nitrogen and oxygen atoms in total. The highest BCUT2D eigenvalue weighted by atomic mass is 35.5. The Bertz CT molecular complexity index is 713. The summed E-state index contributed by atoms with van der Waals surface area (Å²) >= 11 is 0. The van der Waals surface area contributed by atoms with Crippen molar-refractivity contribution in [3.05, 3.63) is 54.2 Å². The van der Waals surface area contributed by atoms with Gasteiger partial charge in [-0.25, -0.2) is 4.98 Å². The van der Waals surface area contributed by atoms with Crippen molar-refractivity contribution in [2.24, 2.45) is 0 Å². The maximum Gasteiger partial charge on any atom is 0.128 e. The van der Waals surface area contributed by atoms with E-state index in [2.05, 4.69) is 41.6 Å². The van der Waals surface area contributed by atoms with Crippen LogP contribution in [0.15, 0.2) is 48.7 Å². The molecule has 1 fully saturated rings. The van der Waals surface area contributed by atoms with Crippen molar-refractivity contribution in [3.8, 4) is 5.75 Å². The molecule has 2 aromatic rings. The summed E-state index contributed by atoms with van der Waals surface area (Å²) in [4.78, 5) is 9.00. The van der Waals surface area contributed by atoms with Crippen molar-refractivity contribution in [3.63, 3.8) is 0 Å². The predicted octanol–water partition coefficient (Wildman–Crippen LogP) is 3.36. The summed E-state index contributed by atoms with van der Waals surface area (Å²) < 4.78 is 5.96. The van der Waals surface area contributed by atoms with Crippen molar-refractivity contribution >= 4 is 18.2 Å². The summed E-state index contributed by atoms with van der Waals surface area (Å²) in [5.41, 5.74) is 1.18. The number of piperazine rings is 1. The van der Waals surface area contributed by atoms with E-state index in [1.165, 1.54) is 5.56 Å². The molecule has 3 rings (SSSR count). The van der Waals surface area contributed by atoms with E-state index >= 15 is 0 Å². The molecule has 1 atom stereocenters. The molecule has 1 aliphatic rings. The standard InChI is InChI=1S/C22H31N3O2.ClH/c1-22(2,3)19-8-4-5-9-20(19)27-17-18(26)16-24-12-14-25(15-13-24)21-10-6-7-11-23-21;/h4-11,18,26H,12-17H2,1-3H3;1H. The van der Waals surface area contributed by atoms with Crippen LogP contribution in [0.4, 0.5) is 5.82 Å². The number of pyridine rings is 1. The van der Waals surface area contributed by atoms with E-state index in [0.29, 0.717) is 13.2 Å². The van der Waals surface area contributed by atoms with Gasteiger partial charge in [-0.05, 0) is 29.2 Å². The number of anilines is 1. The first kappa shape index (κ1) is 22.5. The summed E-state index contributed by atoms with van der Waals surface area (Å²) in [6.45, 7) is 11.2. The van der Waals surface area contributed by atoms with E-state index in [0.717, 1.165) is 37.7 Å². The van der Waals surface area contributed by atoms with Gasteiger partial charge in [0.1, 0.15) is 24.3 Å². The van der Waals surface area contributed by atoms with E-state index in [9.17, 15) is 5.11 Å². The quantitative estimate of drug-likeness (QED) is 0.798. The molecule has 0 amide bonds. The largest absolute Gasteiger partial charge is 0.491 e. The first-order valence-corrected chi connectivity index (χ1v) is 9.72. The molecule has 1 aromatic carbocycles. The van der Waals surface area contributed by atoms with Crippen molar-refractivity contribution in [1.82, 2.24) is 9.88 Å². The Morgan fingerprint density at radius 1 is 1.04 bits per heavy atom. The van der Waals surface area contributed by atoms with Crippen LogP contribution in [0.2, 0.25) is 0 Å². The van der Waals surface area contributed by atoms with Gasteiger partial charge in [0, 0.05) is 38.9 Å². The van der Waals surface area contributed by atoms with Gasteiger partial charge < -0.3 is 14.7 Å². The fourth-order valence-electron chi connectivity index (χ4n) is 3.45. The zero-order valence-corrected chi connectivity index (χ0v) is 17.9. The van der Waals surface area contributed by atoms with Gasteiger partial charge in [0.05, 0.1) is 0 Å². The lowest BCUT2D eigenvalue weighted by Gasteiger charge is -2.36. The lowest BCUT2D eigenvalue weighted by molar-refractivity contribution is 0.0656. The van der Waals surface area contributed by atoms with E-state index in [1.54, 1.807) is 0 Å². The molecule has 1 aliphatic heterocycles. The molecule has 0 aliphatic carbocycles. The fourth-order valence-corrected chi connectivity index (χ4v) is 3.45. The first-order chi connectivity index (χ1) is 12.9. The normalized spacial score (nSPS) is 16.4. The summed E-state index contributed by atoms with van der Waals surface area (Å²) in [5, 5.41) is 10.4. The van der Waals surface area contributed by atoms with Crippen LogP contribution in [-0.4, -0.2) is 60.4 Å². The van der Waals surface area contributed by atoms with E-state index in [-0.39, 0.29) is 17.8 Å². The lowest BCUT2D eigenvalue weighted by Crippen LogP contribution is -2.49. The summed E-state index contributed by atoms with van der Waals surface area (Å²) in [6, 6.07) is 14.1. The van der Waals surface area contributed by atoms with Crippen LogP contribution in [0.5, 0.6) is 5.75 Å². The van der Waals surface area contributed by atoms with E-state index in [1.807, 2.05) is 42.6 Å². The molecule has 28 heavy (non-hydrogen) atoms. The van der Waals surface area contributed by atoms with Crippen molar-refractivity contribution in [1.29, 1.82) is 0 Å². The number of halogens is 1. The highest BCUT2D eigenvalue weighted by Gasteiger charge is 2.22. The Morgan fingerprint density at radius 3 is 2.36 bits per heavy atom. The topological polar surface area (TPSA) is 48.8 Å². The number of β-amino-alcohol motifs (C(OH)–C–C–N with tert-alkyl or cyclic N) is 1. The van der Waals surface area contributed by atoms with E-state index in [4.69, 9.17) is 4.74 Å². The number of rotatable bonds is 6. The minimum absolute atomic E-state index is 0. The van der Waals surface area contributed by atoms with Gasteiger partial charge in [-0.15, -0.1) is 12.4 Å². The molecule has 1 unspecified atom stereocenters. The molecule has 2 heterocycles. The van der Waals surface area contributed by atoms with Gasteiger partial charge in [0.2, 0.25) is 0 Å². The third kappa shape index (κ3) is 6.09. The maximum absolute atomic E-state index is 10.4. The number of hydrogen-bond donors (Lipinski definition) is 1. The average Bonchev–Trinajstić information content (AvgIpc) is 2.67. The van der Waals surface area contributed by atoms with Gasteiger partial charge in [-0.2, -0.15) is 0 Å². The van der Waals surface area contributed by atoms with Crippen LogP contribution in [0.3, 0.4) is 0 Å². The Balaban J connectivity index is 0.00000280. The minimum Gasteiger partial charge on any atom is -0.491 e. The number of nitrogens with zero attached hydrogens (tertiary/aromatic N) is 3. The predicted molar refractivity (Wildman–Crippen MR) is 117 cm³/mol. The summed E-state index contributed by atoms with van der Waals surface area (Å²) in [6.07, 6.45) is 1.33. The van der Waals surface area contributed by atoms with Crippen molar-refractivity contribution in [2.45, 2.75) is 32.3 Å². The Labute approximate surface area is 174 Å². The average molecular weight is 406 g/mol. The molecular formula is C22H32ClN3O2. The third-order valence-corrected chi connectivity index (χ3v) is 4.94. The Hall–Kier alpha value is -1.82.